The Bertz CT molecular complexity index is 340. The Labute approximate surface area is 109 Å². The number of nitrogens with zero attached hydrogens (tertiary/aromatic N) is 1. The van der Waals surface area contributed by atoms with Crippen molar-refractivity contribution in [2.24, 2.45) is 0 Å². The first-order valence-electron chi connectivity index (χ1n) is 6.32. The molecule has 0 fully saturated rings. The highest BCUT2D eigenvalue weighted by atomic mass is 19.1. The minimum atomic E-state index is -0.607. The number of hydrogen-bond acceptors (Lipinski definition) is 3. The van der Waals surface area contributed by atoms with Crippen LogP contribution in [0, 0.1) is 5.82 Å². The minimum Gasteiger partial charge on any atom is -0.387 e. The van der Waals surface area contributed by atoms with Crippen LogP contribution in [0.15, 0.2) is 24.3 Å². The lowest BCUT2D eigenvalue weighted by Crippen LogP contribution is -2.34. The lowest BCUT2D eigenvalue weighted by atomic mass is 10.0. The van der Waals surface area contributed by atoms with Crippen molar-refractivity contribution in [3.05, 3.63) is 35.6 Å². The molecule has 18 heavy (non-hydrogen) atoms. The summed E-state index contributed by atoms with van der Waals surface area (Å²) < 4.78 is 12.8. The van der Waals surface area contributed by atoms with Gasteiger partial charge in [0.05, 0.1) is 6.10 Å². The van der Waals surface area contributed by atoms with Crippen LogP contribution in [0.4, 0.5) is 4.39 Å². The van der Waals surface area contributed by atoms with Crippen molar-refractivity contribution in [1.82, 2.24) is 10.2 Å². The third-order valence-corrected chi connectivity index (χ3v) is 2.93. The highest BCUT2D eigenvalue weighted by Gasteiger charge is 2.15. The molecule has 1 aromatic carbocycles. The molecule has 1 rings (SSSR count). The Hall–Kier alpha value is -0.970. The summed E-state index contributed by atoms with van der Waals surface area (Å²) in [4.78, 5) is 2.13. The molecule has 1 aromatic rings. The second kappa shape index (κ2) is 7.46. The Balaban J connectivity index is 2.36. The van der Waals surface area contributed by atoms with Gasteiger partial charge in [-0.3, -0.25) is 0 Å². The summed E-state index contributed by atoms with van der Waals surface area (Å²) in [6.07, 6.45) is 0.429. The van der Waals surface area contributed by atoms with E-state index < -0.39 is 6.10 Å². The van der Waals surface area contributed by atoms with E-state index in [1.54, 1.807) is 12.1 Å². The van der Waals surface area contributed by atoms with Crippen LogP contribution in [0.5, 0.6) is 0 Å². The van der Waals surface area contributed by atoms with Crippen LogP contribution in [0.1, 0.15) is 25.0 Å². The second-order valence-electron chi connectivity index (χ2n) is 4.90. The number of nitrogens with one attached hydrogen (secondary N) is 1. The molecule has 2 unspecified atom stereocenters. The molecule has 0 bridgehead atoms. The summed E-state index contributed by atoms with van der Waals surface area (Å²) in [7, 11) is 4.08. The molecule has 0 spiro atoms. The molecule has 0 aromatic heterocycles. The SMILES string of the molecule is CC(NCCCN(C)C)C(O)c1ccc(F)cc1. The van der Waals surface area contributed by atoms with Crippen LogP contribution < -0.4 is 5.32 Å². The average Bonchev–Trinajstić information content (AvgIpc) is 2.34. The van der Waals surface area contributed by atoms with Crippen LogP contribution in [0.3, 0.4) is 0 Å². The topological polar surface area (TPSA) is 35.5 Å². The summed E-state index contributed by atoms with van der Waals surface area (Å²) in [5.41, 5.74) is 0.740. The molecule has 4 heteroatoms. The van der Waals surface area contributed by atoms with Gasteiger partial charge in [0.2, 0.25) is 0 Å². The predicted octanol–water partition coefficient (Wildman–Crippen LogP) is 1.79. The van der Waals surface area contributed by atoms with Crippen molar-refractivity contribution in [3.63, 3.8) is 0 Å². The fourth-order valence-corrected chi connectivity index (χ4v) is 1.79. The van der Waals surface area contributed by atoms with Crippen molar-refractivity contribution in [3.8, 4) is 0 Å². The predicted molar refractivity (Wildman–Crippen MR) is 72.0 cm³/mol. The minimum absolute atomic E-state index is 0.0439. The second-order valence-corrected chi connectivity index (χ2v) is 4.90. The van der Waals surface area contributed by atoms with Crippen LogP contribution in [0.2, 0.25) is 0 Å². The monoisotopic (exact) mass is 254 g/mol. The summed E-state index contributed by atoms with van der Waals surface area (Å²) in [6.45, 7) is 3.81. The lowest BCUT2D eigenvalue weighted by molar-refractivity contribution is 0.135. The maximum atomic E-state index is 12.8. The smallest absolute Gasteiger partial charge is 0.123 e. The Morgan fingerprint density at radius 3 is 2.44 bits per heavy atom. The number of rotatable bonds is 7. The zero-order valence-electron chi connectivity index (χ0n) is 11.4. The third-order valence-electron chi connectivity index (χ3n) is 2.93. The van der Waals surface area contributed by atoms with Gasteiger partial charge in [-0.15, -0.1) is 0 Å². The van der Waals surface area contributed by atoms with Crippen molar-refractivity contribution in [2.75, 3.05) is 27.2 Å². The first-order valence-corrected chi connectivity index (χ1v) is 6.32. The average molecular weight is 254 g/mol. The van der Waals surface area contributed by atoms with E-state index in [1.807, 2.05) is 21.0 Å². The van der Waals surface area contributed by atoms with Gasteiger partial charge in [-0.05, 0) is 58.2 Å². The summed E-state index contributed by atoms with van der Waals surface area (Å²) in [5.74, 6) is -0.280. The van der Waals surface area contributed by atoms with Crippen molar-refractivity contribution in [1.29, 1.82) is 0 Å². The number of halogens is 1. The molecule has 2 atom stereocenters. The number of benzene rings is 1. The van der Waals surface area contributed by atoms with Crippen LogP contribution in [-0.4, -0.2) is 43.2 Å². The quantitative estimate of drug-likeness (QED) is 0.728. The van der Waals surface area contributed by atoms with Crippen molar-refractivity contribution < 1.29 is 9.50 Å². The molecule has 0 radical (unpaired) electrons. The maximum absolute atomic E-state index is 12.8. The highest BCUT2D eigenvalue weighted by Crippen LogP contribution is 2.16. The maximum Gasteiger partial charge on any atom is 0.123 e. The molecule has 0 saturated heterocycles. The van der Waals surface area contributed by atoms with Crippen molar-refractivity contribution >= 4 is 0 Å². The van der Waals surface area contributed by atoms with Gasteiger partial charge in [0.15, 0.2) is 0 Å². The molecule has 102 valence electrons. The van der Waals surface area contributed by atoms with E-state index in [1.165, 1.54) is 12.1 Å². The molecular formula is C14H23FN2O. The summed E-state index contributed by atoms with van der Waals surface area (Å²) in [6, 6.07) is 5.95. The molecule has 0 amide bonds. The summed E-state index contributed by atoms with van der Waals surface area (Å²) >= 11 is 0. The molecule has 0 aliphatic carbocycles. The zero-order chi connectivity index (χ0) is 13.5. The normalized spacial score (nSPS) is 14.8. The molecule has 2 N–H and O–H groups in total. The Kier molecular flexibility index (Phi) is 6.25. The largest absolute Gasteiger partial charge is 0.387 e. The lowest BCUT2D eigenvalue weighted by Gasteiger charge is -2.21. The van der Waals surface area contributed by atoms with Gasteiger partial charge in [0.25, 0.3) is 0 Å². The van der Waals surface area contributed by atoms with Gasteiger partial charge < -0.3 is 15.3 Å². The number of aliphatic hydroxyl groups excluding tert-OH is 1. The van der Waals surface area contributed by atoms with E-state index in [9.17, 15) is 9.50 Å². The standard InChI is InChI=1S/C14H23FN2O/c1-11(16-9-4-10-17(2)3)14(18)12-5-7-13(15)8-6-12/h5-8,11,14,16,18H,4,9-10H2,1-3H3. The van der Waals surface area contributed by atoms with Gasteiger partial charge in [0.1, 0.15) is 5.82 Å². The third kappa shape index (κ3) is 5.12. The van der Waals surface area contributed by atoms with Gasteiger partial charge in [-0.2, -0.15) is 0 Å². The Morgan fingerprint density at radius 2 is 1.89 bits per heavy atom. The van der Waals surface area contributed by atoms with Gasteiger partial charge in [-0.25, -0.2) is 4.39 Å². The van der Waals surface area contributed by atoms with Gasteiger partial charge in [0, 0.05) is 6.04 Å². The van der Waals surface area contributed by atoms with E-state index in [0.717, 1.165) is 25.1 Å². The van der Waals surface area contributed by atoms with Gasteiger partial charge >= 0.3 is 0 Å². The van der Waals surface area contributed by atoms with E-state index >= 15 is 0 Å². The van der Waals surface area contributed by atoms with Crippen LogP contribution >= 0.6 is 0 Å². The van der Waals surface area contributed by atoms with E-state index in [-0.39, 0.29) is 11.9 Å². The molecule has 0 aliphatic rings. The number of hydrogen-bond donors (Lipinski definition) is 2. The zero-order valence-corrected chi connectivity index (χ0v) is 11.4. The van der Waals surface area contributed by atoms with Gasteiger partial charge in [-0.1, -0.05) is 12.1 Å². The molecular weight excluding hydrogens is 231 g/mol. The summed E-state index contributed by atoms with van der Waals surface area (Å²) in [5, 5.41) is 13.4. The first-order chi connectivity index (χ1) is 8.50. The Morgan fingerprint density at radius 1 is 1.28 bits per heavy atom. The van der Waals surface area contributed by atoms with Crippen LogP contribution in [-0.2, 0) is 0 Å². The van der Waals surface area contributed by atoms with E-state index in [4.69, 9.17) is 0 Å². The molecule has 0 aliphatic heterocycles. The fourth-order valence-electron chi connectivity index (χ4n) is 1.79. The highest BCUT2D eigenvalue weighted by molar-refractivity contribution is 5.19. The molecule has 0 saturated carbocycles. The molecule has 3 nitrogen and oxygen atoms in total. The fraction of sp³-hybridized carbons (Fsp3) is 0.571. The first kappa shape index (κ1) is 15.1. The van der Waals surface area contributed by atoms with Crippen molar-refractivity contribution in [2.45, 2.75) is 25.5 Å². The van der Waals surface area contributed by atoms with E-state index in [0.29, 0.717) is 0 Å². The molecule has 0 heterocycles. The van der Waals surface area contributed by atoms with E-state index in [2.05, 4.69) is 10.2 Å². The van der Waals surface area contributed by atoms with Crippen LogP contribution in [0.25, 0.3) is 0 Å². The number of aliphatic hydroxyl groups is 1.